The summed E-state index contributed by atoms with van der Waals surface area (Å²) in [4.78, 5) is 8.43. The molecular weight excluding hydrogens is 214 g/mol. The van der Waals surface area contributed by atoms with Crippen LogP contribution in [-0.4, -0.2) is 22.8 Å². The Bertz CT molecular complexity index is 451. The molecule has 0 unspecified atom stereocenters. The van der Waals surface area contributed by atoms with Gasteiger partial charge in [0.1, 0.15) is 11.7 Å². The summed E-state index contributed by atoms with van der Waals surface area (Å²) in [6.45, 7) is 1.80. The van der Waals surface area contributed by atoms with E-state index in [1.165, 1.54) is 0 Å². The van der Waals surface area contributed by atoms with Crippen molar-refractivity contribution in [2.75, 3.05) is 7.05 Å². The molecule has 0 amide bonds. The lowest BCUT2D eigenvalue weighted by Crippen LogP contribution is -2.24. The standard InChI is InChI=1S/C10H10F2N4/c1-7(15-6-13)16(2)5-8-4-14-10(12)3-9(8)11/h3-4H,5H2,1-2H3/b15-7+. The van der Waals surface area contributed by atoms with Gasteiger partial charge in [0.2, 0.25) is 12.1 Å². The lowest BCUT2D eigenvalue weighted by atomic mass is 10.2. The Morgan fingerprint density at radius 2 is 2.31 bits per heavy atom. The number of halogens is 2. The van der Waals surface area contributed by atoms with Crippen LogP contribution in [0.25, 0.3) is 0 Å². The van der Waals surface area contributed by atoms with Crippen molar-refractivity contribution in [2.24, 2.45) is 4.99 Å². The Balaban J connectivity index is 2.82. The van der Waals surface area contributed by atoms with Crippen LogP contribution < -0.4 is 0 Å². The molecule has 0 atom stereocenters. The smallest absolute Gasteiger partial charge is 0.215 e. The molecule has 0 aromatic carbocycles. The quantitative estimate of drug-likeness (QED) is 0.332. The van der Waals surface area contributed by atoms with E-state index in [4.69, 9.17) is 5.26 Å². The zero-order chi connectivity index (χ0) is 12.1. The summed E-state index contributed by atoms with van der Waals surface area (Å²) in [7, 11) is 1.65. The number of nitriles is 1. The fourth-order valence-corrected chi connectivity index (χ4v) is 1.08. The third kappa shape index (κ3) is 2.98. The molecular formula is C10H10F2N4. The Morgan fingerprint density at radius 3 is 2.88 bits per heavy atom. The molecule has 0 spiro atoms. The van der Waals surface area contributed by atoms with Crippen LogP contribution in [0.5, 0.6) is 0 Å². The van der Waals surface area contributed by atoms with Crippen LogP contribution in [0.3, 0.4) is 0 Å². The zero-order valence-corrected chi connectivity index (χ0v) is 8.91. The molecule has 0 saturated heterocycles. The molecule has 4 nitrogen and oxygen atoms in total. The van der Waals surface area contributed by atoms with Crippen molar-refractivity contribution in [2.45, 2.75) is 13.5 Å². The highest BCUT2D eigenvalue weighted by molar-refractivity contribution is 5.80. The molecule has 6 heteroatoms. The molecule has 1 rings (SSSR count). The molecule has 0 saturated carbocycles. The maximum Gasteiger partial charge on any atom is 0.215 e. The molecule has 0 bridgehead atoms. The second kappa shape index (κ2) is 5.16. The molecule has 0 aliphatic carbocycles. The number of nitrogens with zero attached hydrogens (tertiary/aromatic N) is 4. The van der Waals surface area contributed by atoms with E-state index in [2.05, 4.69) is 9.98 Å². The molecule has 1 aromatic heterocycles. The summed E-state index contributed by atoms with van der Waals surface area (Å²) < 4.78 is 25.8. The van der Waals surface area contributed by atoms with Crippen molar-refractivity contribution in [3.05, 3.63) is 29.6 Å². The van der Waals surface area contributed by atoms with Gasteiger partial charge in [0.05, 0.1) is 0 Å². The first kappa shape index (κ1) is 12.0. The Labute approximate surface area is 91.9 Å². The van der Waals surface area contributed by atoms with Crippen LogP contribution in [0.15, 0.2) is 17.3 Å². The normalized spacial score (nSPS) is 11.1. The van der Waals surface area contributed by atoms with Crippen LogP contribution >= 0.6 is 0 Å². The van der Waals surface area contributed by atoms with E-state index >= 15 is 0 Å². The average Bonchev–Trinajstić information content (AvgIpc) is 2.22. The molecule has 0 fully saturated rings. The van der Waals surface area contributed by atoms with Crippen molar-refractivity contribution in [3.63, 3.8) is 0 Å². The van der Waals surface area contributed by atoms with E-state index < -0.39 is 11.8 Å². The topological polar surface area (TPSA) is 52.3 Å². The van der Waals surface area contributed by atoms with Crippen molar-refractivity contribution in [1.29, 1.82) is 5.26 Å². The van der Waals surface area contributed by atoms with E-state index in [1.54, 1.807) is 25.1 Å². The molecule has 16 heavy (non-hydrogen) atoms. The van der Waals surface area contributed by atoms with Crippen molar-refractivity contribution in [1.82, 2.24) is 9.88 Å². The number of rotatable bonds is 2. The first-order valence-electron chi connectivity index (χ1n) is 4.49. The van der Waals surface area contributed by atoms with Gasteiger partial charge in [0, 0.05) is 31.4 Å². The van der Waals surface area contributed by atoms with Gasteiger partial charge in [-0.15, -0.1) is 0 Å². The second-order valence-electron chi connectivity index (χ2n) is 3.21. The average molecular weight is 224 g/mol. The van der Waals surface area contributed by atoms with Gasteiger partial charge in [0.15, 0.2) is 0 Å². The first-order chi connectivity index (χ1) is 7.54. The SMILES string of the molecule is C/C(=N\C#N)N(C)Cc1cnc(F)cc1F. The number of aromatic nitrogens is 1. The highest BCUT2D eigenvalue weighted by atomic mass is 19.1. The third-order valence-electron chi connectivity index (χ3n) is 2.07. The highest BCUT2D eigenvalue weighted by Crippen LogP contribution is 2.09. The van der Waals surface area contributed by atoms with Gasteiger partial charge in [-0.05, 0) is 6.92 Å². The third-order valence-corrected chi connectivity index (χ3v) is 2.07. The van der Waals surface area contributed by atoms with Crippen LogP contribution in [0.4, 0.5) is 8.78 Å². The zero-order valence-electron chi connectivity index (χ0n) is 8.91. The van der Waals surface area contributed by atoms with Gasteiger partial charge >= 0.3 is 0 Å². The maximum absolute atomic E-state index is 13.2. The van der Waals surface area contributed by atoms with Gasteiger partial charge in [-0.3, -0.25) is 0 Å². The van der Waals surface area contributed by atoms with Crippen molar-refractivity contribution >= 4 is 5.84 Å². The minimum absolute atomic E-state index is 0.177. The van der Waals surface area contributed by atoms with Crippen LogP contribution in [0.2, 0.25) is 0 Å². The van der Waals surface area contributed by atoms with Gasteiger partial charge in [-0.25, -0.2) is 9.37 Å². The number of pyridine rings is 1. The summed E-state index contributed by atoms with van der Waals surface area (Å²) in [5.41, 5.74) is 0.247. The van der Waals surface area contributed by atoms with Crippen molar-refractivity contribution < 1.29 is 8.78 Å². The number of hydrogen-bond acceptors (Lipinski definition) is 3. The molecule has 0 aliphatic heterocycles. The molecule has 0 N–H and O–H groups in total. The fourth-order valence-electron chi connectivity index (χ4n) is 1.08. The summed E-state index contributed by atoms with van der Waals surface area (Å²) in [5, 5.41) is 8.34. The lowest BCUT2D eigenvalue weighted by molar-refractivity contribution is 0.468. The van der Waals surface area contributed by atoms with E-state index in [-0.39, 0.29) is 12.1 Å². The van der Waals surface area contributed by atoms with E-state index in [1.807, 2.05) is 0 Å². The van der Waals surface area contributed by atoms with Crippen LogP contribution in [0.1, 0.15) is 12.5 Å². The van der Waals surface area contributed by atoms with Gasteiger partial charge < -0.3 is 4.90 Å². The van der Waals surface area contributed by atoms with Crippen LogP contribution in [-0.2, 0) is 6.54 Å². The van der Waals surface area contributed by atoms with Gasteiger partial charge in [-0.1, -0.05) is 0 Å². The molecule has 1 heterocycles. The molecule has 84 valence electrons. The van der Waals surface area contributed by atoms with Crippen molar-refractivity contribution in [3.8, 4) is 6.19 Å². The van der Waals surface area contributed by atoms with E-state index in [9.17, 15) is 8.78 Å². The van der Waals surface area contributed by atoms with E-state index in [0.717, 1.165) is 12.3 Å². The number of hydrogen-bond donors (Lipinski definition) is 0. The summed E-state index contributed by atoms with van der Waals surface area (Å²) in [6.07, 6.45) is 2.76. The Morgan fingerprint density at radius 1 is 1.62 bits per heavy atom. The molecule has 0 aliphatic rings. The van der Waals surface area contributed by atoms with E-state index in [0.29, 0.717) is 5.84 Å². The monoisotopic (exact) mass is 224 g/mol. The second-order valence-corrected chi connectivity index (χ2v) is 3.21. The largest absolute Gasteiger partial charge is 0.358 e. The summed E-state index contributed by atoms with van der Waals surface area (Å²) in [5.74, 6) is -1.07. The minimum Gasteiger partial charge on any atom is -0.358 e. The predicted octanol–water partition coefficient (Wildman–Crippen LogP) is 1.69. The minimum atomic E-state index is -0.855. The summed E-state index contributed by atoms with van der Waals surface area (Å²) >= 11 is 0. The Kier molecular flexibility index (Phi) is 3.89. The van der Waals surface area contributed by atoms with Gasteiger partial charge in [-0.2, -0.15) is 14.6 Å². The Hall–Kier alpha value is -2.03. The van der Waals surface area contributed by atoms with Gasteiger partial charge in [0.25, 0.3) is 0 Å². The molecule has 1 aromatic rings. The summed E-state index contributed by atoms with van der Waals surface area (Å²) in [6, 6.07) is 0.722. The highest BCUT2D eigenvalue weighted by Gasteiger charge is 2.08. The molecule has 0 radical (unpaired) electrons. The lowest BCUT2D eigenvalue weighted by Gasteiger charge is -2.17. The maximum atomic E-state index is 13.2. The number of amidine groups is 1. The predicted molar refractivity (Wildman–Crippen MR) is 54.3 cm³/mol. The first-order valence-corrected chi connectivity index (χ1v) is 4.49. The van der Waals surface area contributed by atoms with Crippen LogP contribution in [0, 0.1) is 23.2 Å². The number of aliphatic imine (C=N–C) groups is 1. The fraction of sp³-hybridized carbons (Fsp3) is 0.300.